The Kier molecular flexibility index (Phi) is 2.14. The number of fused-ring (bicyclic) bond motifs is 1. The second kappa shape index (κ2) is 3.09. The van der Waals surface area contributed by atoms with Crippen molar-refractivity contribution in [3.63, 3.8) is 0 Å². The minimum Gasteiger partial charge on any atom is -0.333 e. The van der Waals surface area contributed by atoms with E-state index in [2.05, 4.69) is 36.5 Å². The van der Waals surface area contributed by atoms with Gasteiger partial charge in [-0.1, -0.05) is 20.8 Å². The topological polar surface area (TPSA) is 43.8 Å². The molecule has 2 heterocycles. The Morgan fingerprint density at radius 3 is 2.86 bits per heavy atom. The van der Waals surface area contributed by atoms with Crippen molar-refractivity contribution in [2.45, 2.75) is 51.6 Å². The lowest BCUT2D eigenvalue weighted by Crippen LogP contribution is -2.31. The van der Waals surface area contributed by atoms with Gasteiger partial charge in [-0.2, -0.15) is 0 Å². The molecular formula is C11H19N3. The van der Waals surface area contributed by atoms with Crippen LogP contribution in [0.15, 0.2) is 6.20 Å². The summed E-state index contributed by atoms with van der Waals surface area (Å²) in [6, 6.07) is 0.310. The van der Waals surface area contributed by atoms with Crippen molar-refractivity contribution in [3.05, 3.63) is 17.7 Å². The number of imidazole rings is 1. The third-order valence-corrected chi connectivity index (χ3v) is 2.80. The third kappa shape index (κ3) is 1.69. The second-order valence-electron chi connectivity index (χ2n) is 5.24. The van der Waals surface area contributed by atoms with Crippen molar-refractivity contribution >= 4 is 0 Å². The van der Waals surface area contributed by atoms with Gasteiger partial charge in [-0.3, -0.25) is 0 Å². The van der Waals surface area contributed by atoms with Gasteiger partial charge in [-0.25, -0.2) is 4.98 Å². The lowest BCUT2D eigenvalue weighted by atomic mass is 9.93. The molecule has 1 aromatic rings. The van der Waals surface area contributed by atoms with Crippen LogP contribution in [0, 0.1) is 0 Å². The average molecular weight is 193 g/mol. The van der Waals surface area contributed by atoms with Crippen LogP contribution in [0.4, 0.5) is 0 Å². The number of aromatic nitrogens is 2. The summed E-state index contributed by atoms with van der Waals surface area (Å²) in [5.74, 6) is 1.21. The molecule has 78 valence electrons. The van der Waals surface area contributed by atoms with Crippen LogP contribution in [0.3, 0.4) is 0 Å². The number of hydrogen-bond donors (Lipinski definition) is 1. The van der Waals surface area contributed by atoms with Gasteiger partial charge in [0.25, 0.3) is 0 Å². The number of nitrogens with zero attached hydrogens (tertiary/aromatic N) is 2. The zero-order valence-corrected chi connectivity index (χ0v) is 9.25. The van der Waals surface area contributed by atoms with Gasteiger partial charge in [0.15, 0.2) is 0 Å². The molecule has 1 aliphatic rings. The van der Waals surface area contributed by atoms with E-state index in [0.717, 1.165) is 19.4 Å². The molecule has 0 unspecified atom stereocenters. The molecule has 0 saturated heterocycles. The molecule has 3 heteroatoms. The zero-order valence-electron chi connectivity index (χ0n) is 9.25. The Hall–Kier alpha value is -0.830. The first-order valence-electron chi connectivity index (χ1n) is 5.29. The predicted octanol–water partition coefficient (Wildman–Crippen LogP) is 1.45. The monoisotopic (exact) mass is 193 g/mol. The van der Waals surface area contributed by atoms with E-state index in [-0.39, 0.29) is 5.41 Å². The van der Waals surface area contributed by atoms with Gasteiger partial charge >= 0.3 is 0 Å². The van der Waals surface area contributed by atoms with Crippen LogP contribution in [0.25, 0.3) is 0 Å². The molecule has 0 aliphatic carbocycles. The number of nitrogens with two attached hydrogens (primary N) is 1. The smallest absolute Gasteiger partial charge is 0.109 e. The van der Waals surface area contributed by atoms with Crippen LogP contribution in [-0.4, -0.2) is 15.6 Å². The molecule has 0 saturated carbocycles. The summed E-state index contributed by atoms with van der Waals surface area (Å²) in [7, 11) is 0. The Balaban J connectivity index is 2.32. The van der Waals surface area contributed by atoms with Crippen molar-refractivity contribution in [1.82, 2.24) is 9.55 Å². The van der Waals surface area contributed by atoms with E-state index in [4.69, 9.17) is 5.73 Å². The van der Waals surface area contributed by atoms with Gasteiger partial charge in [-0.05, 0) is 6.42 Å². The van der Waals surface area contributed by atoms with Gasteiger partial charge < -0.3 is 10.3 Å². The molecule has 3 nitrogen and oxygen atoms in total. The van der Waals surface area contributed by atoms with Crippen molar-refractivity contribution in [3.8, 4) is 0 Å². The van der Waals surface area contributed by atoms with Gasteiger partial charge in [0.2, 0.25) is 0 Å². The maximum atomic E-state index is 5.92. The van der Waals surface area contributed by atoms with E-state index in [0.29, 0.717) is 6.04 Å². The minimum absolute atomic E-state index is 0.147. The summed E-state index contributed by atoms with van der Waals surface area (Å²) < 4.78 is 2.22. The summed E-state index contributed by atoms with van der Waals surface area (Å²) in [5.41, 5.74) is 7.25. The van der Waals surface area contributed by atoms with Crippen molar-refractivity contribution in [1.29, 1.82) is 0 Å². The zero-order chi connectivity index (χ0) is 10.3. The van der Waals surface area contributed by atoms with E-state index in [1.807, 2.05) is 0 Å². The first-order chi connectivity index (χ1) is 6.47. The van der Waals surface area contributed by atoms with Crippen LogP contribution in [0.2, 0.25) is 0 Å². The van der Waals surface area contributed by atoms with Crippen molar-refractivity contribution in [2.75, 3.05) is 0 Å². The van der Waals surface area contributed by atoms with E-state index < -0.39 is 0 Å². The standard InChI is InChI=1S/C11H19N3/c1-11(2,3)9-7-14-6-8(12)4-5-10(14)13-9/h7-8H,4-6,12H2,1-3H3/t8-/m1/s1. The molecule has 0 fully saturated rings. The molecule has 0 bridgehead atoms. The highest BCUT2D eigenvalue weighted by Crippen LogP contribution is 2.23. The maximum absolute atomic E-state index is 5.92. The van der Waals surface area contributed by atoms with Crippen molar-refractivity contribution < 1.29 is 0 Å². The Morgan fingerprint density at radius 2 is 2.21 bits per heavy atom. The summed E-state index contributed by atoms with van der Waals surface area (Å²) >= 11 is 0. The molecule has 0 spiro atoms. The Morgan fingerprint density at radius 1 is 1.50 bits per heavy atom. The highest BCUT2D eigenvalue weighted by molar-refractivity contribution is 5.14. The first kappa shape index (κ1) is 9.71. The first-order valence-corrected chi connectivity index (χ1v) is 5.29. The molecule has 1 aliphatic heterocycles. The van der Waals surface area contributed by atoms with E-state index in [9.17, 15) is 0 Å². The van der Waals surface area contributed by atoms with Crippen molar-refractivity contribution in [2.24, 2.45) is 5.73 Å². The normalized spacial score (nSPS) is 22.1. The molecule has 0 amide bonds. The van der Waals surface area contributed by atoms with Gasteiger partial charge in [0, 0.05) is 30.6 Å². The maximum Gasteiger partial charge on any atom is 0.109 e. The summed E-state index contributed by atoms with van der Waals surface area (Å²) in [6.07, 6.45) is 4.26. The fraction of sp³-hybridized carbons (Fsp3) is 0.727. The van der Waals surface area contributed by atoms with E-state index in [1.165, 1.54) is 11.5 Å². The highest BCUT2D eigenvalue weighted by atomic mass is 15.1. The SMILES string of the molecule is CC(C)(C)c1cn2c(n1)CC[C@@H](N)C2. The number of rotatable bonds is 0. The molecule has 1 aromatic heterocycles. The van der Waals surface area contributed by atoms with Crippen LogP contribution in [0.1, 0.15) is 38.7 Å². The molecule has 2 rings (SSSR count). The molecule has 2 N–H and O–H groups in total. The van der Waals surface area contributed by atoms with Gasteiger partial charge in [0.05, 0.1) is 5.69 Å². The quantitative estimate of drug-likeness (QED) is 0.678. The van der Waals surface area contributed by atoms with Crippen LogP contribution in [-0.2, 0) is 18.4 Å². The molecular weight excluding hydrogens is 174 g/mol. The predicted molar refractivity (Wildman–Crippen MR) is 57.2 cm³/mol. The lowest BCUT2D eigenvalue weighted by molar-refractivity contribution is 0.453. The lowest BCUT2D eigenvalue weighted by Gasteiger charge is -2.19. The van der Waals surface area contributed by atoms with Gasteiger partial charge in [0.1, 0.15) is 5.82 Å². The summed E-state index contributed by atoms with van der Waals surface area (Å²) in [4.78, 5) is 4.66. The van der Waals surface area contributed by atoms with E-state index >= 15 is 0 Å². The van der Waals surface area contributed by atoms with Crippen LogP contribution >= 0.6 is 0 Å². The Bertz CT molecular complexity index is 333. The summed E-state index contributed by atoms with van der Waals surface area (Å²) in [6.45, 7) is 7.52. The Labute approximate surface area is 85.3 Å². The van der Waals surface area contributed by atoms with Crippen LogP contribution in [0.5, 0.6) is 0 Å². The molecule has 1 atom stereocenters. The molecule has 0 radical (unpaired) electrons. The fourth-order valence-electron chi connectivity index (χ4n) is 1.83. The number of hydrogen-bond acceptors (Lipinski definition) is 2. The second-order valence-corrected chi connectivity index (χ2v) is 5.24. The van der Waals surface area contributed by atoms with Gasteiger partial charge in [-0.15, -0.1) is 0 Å². The number of aryl methyl sites for hydroxylation is 1. The molecule has 0 aromatic carbocycles. The largest absolute Gasteiger partial charge is 0.333 e. The summed E-state index contributed by atoms with van der Waals surface area (Å²) in [5, 5.41) is 0. The van der Waals surface area contributed by atoms with E-state index in [1.54, 1.807) is 0 Å². The third-order valence-electron chi connectivity index (χ3n) is 2.80. The fourth-order valence-corrected chi connectivity index (χ4v) is 1.83. The van der Waals surface area contributed by atoms with Crippen LogP contribution < -0.4 is 5.73 Å². The average Bonchev–Trinajstić information content (AvgIpc) is 2.45. The minimum atomic E-state index is 0.147. The molecule has 14 heavy (non-hydrogen) atoms. The highest BCUT2D eigenvalue weighted by Gasteiger charge is 2.22.